The SMILES string of the molecule is CS(=O)(=O)c1cccc(C(=O)N2CC(C(F)F)C[C@@]2(C(N)=O)[C@@H](c2ccc(C(F)(F)F)cc2F)C2CC2)c1. The van der Waals surface area contributed by atoms with E-state index in [1.54, 1.807) is 0 Å². The average molecular weight is 563 g/mol. The van der Waals surface area contributed by atoms with Crippen molar-refractivity contribution in [3.8, 4) is 0 Å². The summed E-state index contributed by atoms with van der Waals surface area (Å²) in [6.07, 6.45) is -6.76. The Labute approximate surface area is 214 Å². The summed E-state index contributed by atoms with van der Waals surface area (Å²) in [6.45, 7) is -0.645. The maximum atomic E-state index is 15.2. The molecule has 2 aromatic carbocycles. The van der Waals surface area contributed by atoms with E-state index in [0.29, 0.717) is 18.9 Å². The number of rotatable bonds is 7. The highest BCUT2D eigenvalue weighted by Crippen LogP contribution is 2.56. The molecule has 2 amide bonds. The quantitative estimate of drug-likeness (QED) is 0.506. The number of alkyl halides is 5. The molecule has 0 bridgehead atoms. The van der Waals surface area contributed by atoms with Crippen molar-refractivity contribution in [2.45, 2.75) is 48.2 Å². The molecule has 2 aliphatic rings. The summed E-state index contributed by atoms with van der Waals surface area (Å²) in [5.74, 6) is -6.83. The Balaban J connectivity index is 1.89. The number of hydrogen-bond acceptors (Lipinski definition) is 4. The second kappa shape index (κ2) is 9.58. The highest BCUT2D eigenvalue weighted by atomic mass is 32.2. The standard InChI is InChI=1S/C25H24F6N2O4S/c1-38(36,37)17-4-2-3-14(9-17)22(34)33-12-15(21(27)28)11-24(33,23(32)35)20(13-5-6-13)18-8-7-16(10-19(18)26)25(29,30)31/h2-4,7-10,13,15,20-21H,5-6,11-12H2,1H3,(H2,32,35)/t15?,20-,24+/m1/s1. The van der Waals surface area contributed by atoms with Gasteiger partial charge < -0.3 is 10.6 Å². The van der Waals surface area contributed by atoms with E-state index in [1.807, 2.05) is 0 Å². The van der Waals surface area contributed by atoms with E-state index in [0.717, 1.165) is 23.3 Å². The van der Waals surface area contributed by atoms with E-state index in [1.165, 1.54) is 18.2 Å². The molecule has 0 aromatic heterocycles. The lowest BCUT2D eigenvalue weighted by molar-refractivity contribution is -0.138. The van der Waals surface area contributed by atoms with Gasteiger partial charge in [0.2, 0.25) is 12.3 Å². The van der Waals surface area contributed by atoms with Crippen molar-refractivity contribution >= 4 is 21.7 Å². The van der Waals surface area contributed by atoms with E-state index in [4.69, 9.17) is 5.73 Å². The van der Waals surface area contributed by atoms with Crippen LogP contribution in [0.25, 0.3) is 0 Å². The Morgan fingerprint density at radius 1 is 1.08 bits per heavy atom. The molecule has 1 unspecified atom stereocenters. The van der Waals surface area contributed by atoms with Crippen molar-refractivity contribution in [1.82, 2.24) is 4.90 Å². The normalized spacial score (nSPS) is 23.1. The smallest absolute Gasteiger partial charge is 0.368 e. The lowest BCUT2D eigenvalue weighted by atomic mass is 9.72. The molecule has 2 aromatic rings. The monoisotopic (exact) mass is 562 g/mol. The van der Waals surface area contributed by atoms with E-state index < -0.39 is 81.9 Å². The number of likely N-dealkylation sites (tertiary alicyclic amines) is 1. The van der Waals surface area contributed by atoms with Gasteiger partial charge in [0.25, 0.3) is 5.91 Å². The molecule has 4 rings (SSSR count). The van der Waals surface area contributed by atoms with Crippen LogP contribution in [0.2, 0.25) is 0 Å². The number of nitrogens with zero attached hydrogens (tertiary/aromatic N) is 1. The van der Waals surface area contributed by atoms with Gasteiger partial charge in [-0.3, -0.25) is 9.59 Å². The third-order valence-electron chi connectivity index (χ3n) is 7.28. The van der Waals surface area contributed by atoms with Crippen LogP contribution in [0.3, 0.4) is 0 Å². The Morgan fingerprint density at radius 3 is 2.24 bits per heavy atom. The Hall–Kier alpha value is -3.09. The van der Waals surface area contributed by atoms with Crippen molar-refractivity contribution in [3.05, 3.63) is 65.0 Å². The number of nitrogens with two attached hydrogens (primary N) is 1. The van der Waals surface area contributed by atoms with Crippen LogP contribution >= 0.6 is 0 Å². The van der Waals surface area contributed by atoms with E-state index in [-0.39, 0.29) is 22.1 Å². The zero-order valence-electron chi connectivity index (χ0n) is 20.0. The van der Waals surface area contributed by atoms with Crippen LogP contribution in [0.4, 0.5) is 26.3 Å². The van der Waals surface area contributed by atoms with Gasteiger partial charge in [0.15, 0.2) is 9.84 Å². The van der Waals surface area contributed by atoms with Crippen molar-refractivity contribution in [2.75, 3.05) is 12.8 Å². The summed E-state index contributed by atoms with van der Waals surface area (Å²) in [7, 11) is -3.76. The molecule has 3 atom stereocenters. The lowest BCUT2D eigenvalue weighted by Gasteiger charge is -2.42. The molecule has 0 spiro atoms. The van der Waals surface area contributed by atoms with Gasteiger partial charge in [-0.25, -0.2) is 21.6 Å². The molecule has 1 aliphatic carbocycles. The molecule has 6 nitrogen and oxygen atoms in total. The number of benzene rings is 2. The van der Waals surface area contributed by atoms with Crippen molar-refractivity contribution < 1.29 is 44.3 Å². The van der Waals surface area contributed by atoms with Crippen LogP contribution < -0.4 is 5.73 Å². The fourth-order valence-electron chi connectivity index (χ4n) is 5.39. The van der Waals surface area contributed by atoms with Crippen LogP contribution in [-0.4, -0.2) is 49.9 Å². The first-order valence-corrected chi connectivity index (χ1v) is 13.5. The predicted octanol–water partition coefficient (Wildman–Crippen LogP) is 4.39. The number of amides is 2. The van der Waals surface area contributed by atoms with Gasteiger partial charge in [-0.1, -0.05) is 12.1 Å². The third-order valence-corrected chi connectivity index (χ3v) is 8.39. The van der Waals surface area contributed by atoms with Crippen molar-refractivity contribution in [1.29, 1.82) is 0 Å². The number of hydrogen-bond donors (Lipinski definition) is 1. The van der Waals surface area contributed by atoms with E-state index in [2.05, 4.69) is 0 Å². The van der Waals surface area contributed by atoms with Crippen LogP contribution in [-0.2, 0) is 20.8 Å². The number of carbonyl (C=O) groups is 2. The Kier molecular flexibility index (Phi) is 7.04. The molecule has 1 heterocycles. The minimum absolute atomic E-state index is 0.226. The van der Waals surface area contributed by atoms with Crippen LogP contribution in [0.1, 0.15) is 46.7 Å². The van der Waals surface area contributed by atoms with E-state index >= 15 is 4.39 Å². The highest BCUT2D eigenvalue weighted by Gasteiger charge is 2.62. The second-order valence-electron chi connectivity index (χ2n) is 9.85. The minimum Gasteiger partial charge on any atom is -0.368 e. The molecule has 0 radical (unpaired) electrons. The molecular weight excluding hydrogens is 538 g/mol. The van der Waals surface area contributed by atoms with Gasteiger partial charge in [-0.2, -0.15) is 13.2 Å². The topological polar surface area (TPSA) is 97.5 Å². The van der Waals surface area contributed by atoms with Crippen LogP contribution in [0, 0.1) is 17.7 Å². The minimum atomic E-state index is -4.85. The fraction of sp³-hybridized carbons (Fsp3) is 0.440. The molecular formula is C25H24F6N2O4S. The van der Waals surface area contributed by atoms with Crippen LogP contribution in [0.15, 0.2) is 47.4 Å². The molecule has 1 aliphatic heterocycles. The molecule has 206 valence electrons. The summed E-state index contributed by atoms with van der Waals surface area (Å²) in [5.41, 5.74) is 1.75. The fourth-order valence-corrected chi connectivity index (χ4v) is 6.06. The lowest BCUT2D eigenvalue weighted by Crippen LogP contribution is -2.60. The van der Waals surface area contributed by atoms with Gasteiger partial charge in [-0.05, 0) is 61.1 Å². The third kappa shape index (κ3) is 4.99. The van der Waals surface area contributed by atoms with Gasteiger partial charge in [0.1, 0.15) is 11.4 Å². The average Bonchev–Trinajstić information content (AvgIpc) is 3.56. The summed E-state index contributed by atoms with van der Waals surface area (Å²) in [6, 6.07) is 6.51. The van der Waals surface area contributed by atoms with Crippen molar-refractivity contribution in [2.24, 2.45) is 17.6 Å². The molecule has 38 heavy (non-hydrogen) atoms. The second-order valence-corrected chi connectivity index (χ2v) is 11.9. The summed E-state index contributed by atoms with van der Waals surface area (Å²) >= 11 is 0. The van der Waals surface area contributed by atoms with E-state index in [9.17, 15) is 40.0 Å². The zero-order chi connectivity index (χ0) is 28.2. The zero-order valence-corrected chi connectivity index (χ0v) is 20.8. The van der Waals surface area contributed by atoms with Gasteiger partial charge >= 0.3 is 6.18 Å². The number of sulfone groups is 1. The molecule has 1 saturated carbocycles. The van der Waals surface area contributed by atoms with Crippen molar-refractivity contribution in [3.63, 3.8) is 0 Å². The molecule has 2 fully saturated rings. The summed E-state index contributed by atoms with van der Waals surface area (Å²) in [4.78, 5) is 27.4. The number of halogens is 6. The first kappa shape index (κ1) is 27.9. The summed E-state index contributed by atoms with van der Waals surface area (Å²) in [5, 5.41) is 0. The summed E-state index contributed by atoms with van der Waals surface area (Å²) < 4.78 is 107. The first-order valence-electron chi connectivity index (χ1n) is 11.6. The van der Waals surface area contributed by atoms with Crippen LogP contribution in [0.5, 0.6) is 0 Å². The molecule has 13 heteroatoms. The molecule has 2 N–H and O–H groups in total. The number of primary amides is 1. The maximum Gasteiger partial charge on any atom is 0.416 e. The molecule has 1 saturated heterocycles. The van der Waals surface area contributed by atoms with Gasteiger partial charge in [0, 0.05) is 30.2 Å². The first-order chi connectivity index (χ1) is 17.6. The Morgan fingerprint density at radius 2 is 1.74 bits per heavy atom. The maximum absolute atomic E-state index is 15.2. The number of carbonyl (C=O) groups excluding carboxylic acids is 2. The predicted molar refractivity (Wildman–Crippen MR) is 123 cm³/mol. The largest absolute Gasteiger partial charge is 0.416 e. The Bertz CT molecular complexity index is 1380. The highest BCUT2D eigenvalue weighted by molar-refractivity contribution is 7.90. The van der Waals surface area contributed by atoms with Gasteiger partial charge in [0.05, 0.1) is 10.5 Å². The van der Waals surface area contributed by atoms with Gasteiger partial charge in [-0.15, -0.1) is 0 Å².